The molecule has 6 heteroatoms. The molecule has 1 atom stereocenters. The van der Waals surface area contributed by atoms with Crippen molar-refractivity contribution in [3.05, 3.63) is 34.0 Å². The summed E-state index contributed by atoms with van der Waals surface area (Å²) >= 11 is 0. The fourth-order valence-corrected chi connectivity index (χ4v) is 1.58. The molecule has 0 aliphatic carbocycles. The van der Waals surface area contributed by atoms with Crippen LogP contribution >= 0.6 is 0 Å². The molecule has 0 aliphatic heterocycles. The highest BCUT2D eigenvalue weighted by molar-refractivity contribution is 5.82. The maximum Gasteiger partial charge on any atom is 0.363 e. The molecular formula is C12H16N2O4. The van der Waals surface area contributed by atoms with E-state index < -0.39 is 10.3 Å². The lowest BCUT2D eigenvalue weighted by atomic mass is 9.81. The van der Waals surface area contributed by atoms with Crippen molar-refractivity contribution < 1.29 is 14.5 Å². The molecule has 0 N–H and O–H groups in total. The molecule has 0 bridgehead atoms. The number of ether oxygens (including phenoxy) is 1. The predicted octanol–water partition coefficient (Wildman–Crippen LogP) is 2.22. The average Bonchev–Trinajstić information content (AvgIpc) is 2.38. The van der Waals surface area contributed by atoms with Crippen LogP contribution in [0.1, 0.15) is 32.8 Å². The van der Waals surface area contributed by atoms with Gasteiger partial charge >= 0.3 is 11.8 Å². The summed E-state index contributed by atoms with van der Waals surface area (Å²) < 4.78 is 5.03. The van der Waals surface area contributed by atoms with Crippen molar-refractivity contribution in [2.75, 3.05) is 6.61 Å². The monoisotopic (exact) mass is 252 g/mol. The van der Waals surface area contributed by atoms with E-state index >= 15 is 0 Å². The summed E-state index contributed by atoms with van der Waals surface area (Å²) in [6.45, 7) is 5.64. The Labute approximate surface area is 105 Å². The van der Waals surface area contributed by atoms with Gasteiger partial charge in [-0.2, -0.15) is 0 Å². The minimum atomic E-state index is -0.821. The summed E-state index contributed by atoms with van der Waals surface area (Å²) in [4.78, 5) is 25.6. The highest BCUT2D eigenvalue weighted by Crippen LogP contribution is 2.29. The molecule has 0 aromatic carbocycles. The van der Waals surface area contributed by atoms with E-state index in [1.807, 2.05) is 6.92 Å². The van der Waals surface area contributed by atoms with Crippen LogP contribution in [0.25, 0.3) is 0 Å². The van der Waals surface area contributed by atoms with Crippen molar-refractivity contribution >= 4 is 11.8 Å². The van der Waals surface area contributed by atoms with Gasteiger partial charge in [0.2, 0.25) is 0 Å². The van der Waals surface area contributed by atoms with Gasteiger partial charge in [-0.1, -0.05) is 6.92 Å². The van der Waals surface area contributed by atoms with Crippen molar-refractivity contribution in [1.29, 1.82) is 0 Å². The average molecular weight is 252 g/mol. The van der Waals surface area contributed by atoms with Crippen LogP contribution in [0, 0.1) is 10.1 Å². The third-order valence-corrected chi connectivity index (χ3v) is 3.01. The summed E-state index contributed by atoms with van der Waals surface area (Å²) in [7, 11) is 0. The van der Waals surface area contributed by atoms with Crippen LogP contribution in [0.5, 0.6) is 0 Å². The molecule has 6 nitrogen and oxygen atoms in total. The Morgan fingerprint density at radius 3 is 2.56 bits per heavy atom. The lowest BCUT2D eigenvalue weighted by molar-refractivity contribution is -0.389. The molecule has 0 saturated heterocycles. The number of hydrogen-bond acceptors (Lipinski definition) is 5. The van der Waals surface area contributed by atoms with Gasteiger partial charge in [-0.25, -0.2) is 0 Å². The summed E-state index contributed by atoms with van der Waals surface area (Å²) in [5, 5.41) is 10.5. The van der Waals surface area contributed by atoms with Crippen molar-refractivity contribution in [3.63, 3.8) is 0 Å². The Kier molecular flexibility index (Phi) is 4.36. The number of nitrogens with zero attached hydrogens (tertiary/aromatic N) is 2. The second kappa shape index (κ2) is 5.57. The third kappa shape index (κ3) is 2.64. The molecule has 1 heterocycles. The lowest BCUT2D eigenvalue weighted by Gasteiger charge is -2.24. The van der Waals surface area contributed by atoms with Crippen LogP contribution in [-0.4, -0.2) is 22.5 Å². The highest BCUT2D eigenvalue weighted by Gasteiger charge is 2.36. The second-order valence-corrected chi connectivity index (χ2v) is 4.07. The van der Waals surface area contributed by atoms with Gasteiger partial charge in [0.1, 0.15) is 6.20 Å². The first-order chi connectivity index (χ1) is 8.45. The van der Waals surface area contributed by atoms with E-state index in [2.05, 4.69) is 4.98 Å². The molecule has 0 amide bonds. The van der Waals surface area contributed by atoms with Crippen molar-refractivity contribution in [1.82, 2.24) is 4.98 Å². The second-order valence-electron chi connectivity index (χ2n) is 4.07. The number of nitro groups is 1. The molecule has 0 saturated carbocycles. The van der Waals surface area contributed by atoms with Gasteiger partial charge in [0, 0.05) is 11.6 Å². The molecule has 1 aromatic rings. The zero-order valence-corrected chi connectivity index (χ0v) is 10.7. The number of hydrogen-bond donors (Lipinski definition) is 0. The van der Waals surface area contributed by atoms with E-state index in [1.165, 1.54) is 12.3 Å². The summed E-state index contributed by atoms with van der Waals surface area (Å²) in [6, 6.07) is 2.84. The van der Waals surface area contributed by atoms with Crippen LogP contribution in [0.2, 0.25) is 0 Å². The Morgan fingerprint density at radius 1 is 1.50 bits per heavy atom. The Morgan fingerprint density at radius 2 is 2.17 bits per heavy atom. The first kappa shape index (κ1) is 14.1. The van der Waals surface area contributed by atoms with Gasteiger partial charge in [-0.3, -0.25) is 4.79 Å². The van der Waals surface area contributed by atoms with Gasteiger partial charge < -0.3 is 14.9 Å². The smallest absolute Gasteiger partial charge is 0.363 e. The van der Waals surface area contributed by atoms with Gasteiger partial charge in [0.15, 0.2) is 0 Å². The van der Waals surface area contributed by atoms with E-state index in [-0.39, 0.29) is 11.8 Å². The number of esters is 1. The minimum Gasteiger partial charge on any atom is -0.465 e. The summed E-state index contributed by atoms with van der Waals surface area (Å²) in [5.74, 6) is -0.579. The molecule has 98 valence electrons. The molecule has 1 aromatic heterocycles. The molecule has 1 rings (SSSR count). The largest absolute Gasteiger partial charge is 0.465 e. The molecule has 0 radical (unpaired) electrons. The van der Waals surface area contributed by atoms with Gasteiger partial charge in [-0.05, 0) is 36.2 Å². The SMILES string of the molecule is CCOC(=O)C(C)(CC)c1ccc([N+](=O)[O-])nc1. The fraction of sp³-hybridized carbons (Fsp3) is 0.500. The van der Waals surface area contributed by atoms with Gasteiger partial charge in [0.05, 0.1) is 12.0 Å². The van der Waals surface area contributed by atoms with E-state index in [1.54, 1.807) is 19.9 Å². The quantitative estimate of drug-likeness (QED) is 0.456. The molecule has 18 heavy (non-hydrogen) atoms. The number of carbonyl (C=O) groups is 1. The molecular weight excluding hydrogens is 236 g/mol. The first-order valence-electron chi connectivity index (χ1n) is 5.73. The number of aromatic nitrogens is 1. The van der Waals surface area contributed by atoms with E-state index in [0.717, 1.165) is 0 Å². The maximum atomic E-state index is 11.9. The molecule has 0 aliphatic rings. The zero-order chi connectivity index (χ0) is 13.8. The van der Waals surface area contributed by atoms with E-state index in [4.69, 9.17) is 4.74 Å². The standard InChI is InChI=1S/C12H16N2O4/c1-4-12(3,11(15)18-5-2)9-6-7-10(13-8-9)14(16)17/h6-8H,4-5H2,1-3H3. The molecule has 1 unspecified atom stereocenters. The fourth-order valence-electron chi connectivity index (χ4n) is 1.58. The topological polar surface area (TPSA) is 82.3 Å². The van der Waals surface area contributed by atoms with E-state index in [0.29, 0.717) is 18.6 Å². The summed E-state index contributed by atoms with van der Waals surface area (Å²) in [5.41, 5.74) is -0.202. The van der Waals surface area contributed by atoms with E-state index in [9.17, 15) is 14.9 Å². The molecule has 0 spiro atoms. The van der Waals surface area contributed by atoms with Crippen molar-refractivity contribution in [3.8, 4) is 0 Å². The Bertz CT molecular complexity index is 444. The Balaban J connectivity index is 3.08. The van der Waals surface area contributed by atoms with Gasteiger partial charge in [0.25, 0.3) is 0 Å². The zero-order valence-electron chi connectivity index (χ0n) is 10.7. The number of pyridine rings is 1. The normalized spacial score (nSPS) is 13.7. The number of rotatable bonds is 5. The molecule has 0 fully saturated rings. The van der Waals surface area contributed by atoms with Crippen LogP contribution in [-0.2, 0) is 14.9 Å². The maximum absolute atomic E-state index is 11.9. The first-order valence-corrected chi connectivity index (χ1v) is 5.73. The summed E-state index contributed by atoms with van der Waals surface area (Å²) in [6.07, 6.45) is 1.89. The van der Waals surface area contributed by atoms with Crippen molar-refractivity contribution in [2.24, 2.45) is 0 Å². The van der Waals surface area contributed by atoms with Gasteiger partial charge in [-0.15, -0.1) is 0 Å². The van der Waals surface area contributed by atoms with Crippen LogP contribution < -0.4 is 0 Å². The van der Waals surface area contributed by atoms with Crippen LogP contribution in [0.4, 0.5) is 5.82 Å². The third-order valence-electron chi connectivity index (χ3n) is 3.01. The number of carbonyl (C=O) groups excluding carboxylic acids is 1. The van der Waals surface area contributed by atoms with Crippen molar-refractivity contribution in [2.45, 2.75) is 32.6 Å². The minimum absolute atomic E-state index is 0.235. The predicted molar refractivity (Wildman–Crippen MR) is 65.2 cm³/mol. The van der Waals surface area contributed by atoms with Crippen LogP contribution in [0.15, 0.2) is 18.3 Å². The van der Waals surface area contributed by atoms with Crippen LogP contribution in [0.3, 0.4) is 0 Å². The highest BCUT2D eigenvalue weighted by atomic mass is 16.6. The Hall–Kier alpha value is -1.98. The lowest BCUT2D eigenvalue weighted by Crippen LogP contribution is -2.33.